The molecular weight excluding hydrogens is 262 g/mol. The van der Waals surface area contributed by atoms with Gasteiger partial charge in [-0.15, -0.1) is 0 Å². The molecule has 1 saturated heterocycles. The van der Waals surface area contributed by atoms with Gasteiger partial charge in [0.25, 0.3) is 0 Å². The molecule has 0 amide bonds. The summed E-state index contributed by atoms with van der Waals surface area (Å²) in [6.45, 7) is 4.48. The molecule has 3 rings (SSSR count). The fraction of sp³-hybridized carbons (Fsp3) is 0.750. The molecule has 2 aliphatic rings. The zero-order valence-electron chi connectivity index (χ0n) is 13.7. The van der Waals surface area contributed by atoms with Gasteiger partial charge >= 0.3 is 0 Å². The second-order valence-electron chi connectivity index (χ2n) is 6.55. The van der Waals surface area contributed by atoms with Gasteiger partial charge in [-0.05, 0) is 52.7 Å². The Bertz CT molecular complexity index is 504. The first kappa shape index (κ1) is 14.6. The summed E-state index contributed by atoms with van der Waals surface area (Å²) in [5.41, 5.74) is 1.17. The predicted octanol–water partition coefficient (Wildman–Crippen LogP) is 2.23. The van der Waals surface area contributed by atoms with Crippen LogP contribution in [0.3, 0.4) is 0 Å². The molecule has 1 aromatic heterocycles. The predicted molar refractivity (Wildman–Crippen MR) is 87.2 cm³/mol. The Labute approximate surface area is 127 Å². The Balaban J connectivity index is 1.87. The highest BCUT2D eigenvalue weighted by molar-refractivity contribution is 5.59. The number of anilines is 2. The minimum Gasteiger partial charge on any atom is -0.373 e. The van der Waals surface area contributed by atoms with Crippen LogP contribution in [0.4, 0.5) is 11.6 Å². The molecule has 0 bridgehead atoms. The third-order valence-electron chi connectivity index (χ3n) is 4.89. The van der Waals surface area contributed by atoms with Gasteiger partial charge in [-0.1, -0.05) is 0 Å². The molecule has 116 valence electrons. The largest absolute Gasteiger partial charge is 0.373 e. The third kappa shape index (κ3) is 2.98. The van der Waals surface area contributed by atoms with Gasteiger partial charge < -0.3 is 15.1 Å². The van der Waals surface area contributed by atoms with E-state index in [0.717, 1.165) is 17.5 Å². The van der Waals surface area contributed by atoms with E-state index < -0.39 is 0 Å². The molecule has 0 spiro atoms. The minimum absolute atomic E-state index is 0.585. The Morgan fingerprint density at radius 3 is 2.38 bits per heavy atom. The van der Waals surface area contributed by atoms with Crippen LogP contribution >= 0.6 is 0 Å². The third-order valence-corrected chi connectivity index (χ3v) is 4.89. The number of likely N-dealkylation sites (tertiary alicyclic amines) is 1. The maximum atomic E-state index is 4.90. The maximum Gasteiger partial charge on any atom is 0.137 e. The smallest absolute Gasteiger partial charge is 0.137 e. The summed E-state index contributed by atoms with van der Waals surface area (Å²) in [6.07, 6.45) is 4.90. The van der Waals surface area contributed by atoms with Crippen molar-refractivity contribution in [2.24, 2.45) is 0 Å². The Morgan fingerprint density at radius 1 is 1.14 bits per heavy atom. The molecule has 0 atom stereocenters. The minimum atomic E-state index is 0.585. The van der Waals surface area contributed by atoms with E-state index in [1.807, 2.05) is 7.05 Å². The van der Waals surface area contributed by atoms with Crippen molar-refractivity contribution in [3.63, 3.8) is 0 Å². The topological polar surface area (TPSA) is 44.3 Å². The van der Waals surface area contributed by atoms with Crippen molar-refractivity contribution in [3.05, 3.63) is 11.4 Å². The maximum absolute atomic E-state index is 4.90. The lowest BCUT2D eigenvalue weighted by atomic mass is 10.0. The summed E-state index contributed by atoms with van der Waals surface area (Å²) in [6, 6.07) is 0.589. The first-order chi connectivity index (χ1) is 10.1. The summed E-state index contributed by atoms with van der Waals surface area (Å²) < 4.78 is 0. The zero-order chi connectivity index (χ0) is 15.0. The highest BCUT2D eigenvalue weighted by Crippen LogP contribution is 2.40. The number of hydrogen-bond donors (Lipinski definition) is 1. The molecule has 2 fully saturated rings. The molecule has 21 heavy (non-hydrogen) atoms. The Kier molecular flexibility index (Phi) is 4.02. The first-order valence-electron chi connectivity index (χ1n) is 8.07. The molecule has 0 unspecified atom stereocenters. The second kappa shape index (κ2) is 5.79. The number of aromatic nitrogens is 2. The highest BCUT2D eigenvalue weighted by Gasteiger charge is 2.30. The summed E-state index contributed by atoms with van der Waals surface area (Å²) >= 11 is 0. The number of piperidine rings is 1. The van der Waals surface area contributed by atoms with Crippen molar-refractivity contribution in [2.45, 2.75) is 44.6 Å². The number of rotatable bonds is 4. The molecule has 0 aromatic carbocycles. The van der Waals surface area contributed by atoms with Crippen LogP contribution in [-0.2, 0) is 0 Å². The standard InChI is InChI=1S/C16H27N5/c1-11-14(17-2)18-15(12-5-6-12)19-16(11)21(4)13-7-9-20(3)10-8-13/h12-13H,5-10H2,1-4H3,(H,17,18,19). The lowest BCUT2D eigenvalue weighted by Gasteiger charge is -2.36. The normalized spacial score (nSPS) is 20.6. The molecule has 1 aliphatic carbocycles. The fourth-order valence-corrected chi connectivity index (χ4v) is 3.19. The molecule has 1 aliphatic heterocycles. The van der Waals surface area contributed by atoms with E-state index in [0.29, 0.717) is 12.0 Å². The van der Waals surface area contributed by atoms with Crippen molar-refractivity contribution in [1.82, 2.24) is 14.9 Å². The average molecular weight is 289 g/mol. The van der Waals surface area contributed by atoms with Crippen LogP contribution in [0.2, 0.25) is 0 Å². The molecule has 5 heteroatoms. The Morgan fingerprint density at radius 2 is 1.81 bits per heavy atom. The molecule has 1 N–H and O–H groups in total. The summed E-state index contributed by atoms with van der Waals surface area (Å²) in [7, 11) is 6.35. The van der Waals surface area contributed by atoms with E-state index in [1.54, 1.807) is 0 Å². The first-order valence-corrected chi connectivity index (χ1v) is 8.07. The van der Waals surface area contributed by atoms with Gasteiger partial charge in [0.2, 0.25) is 0 Å². The van der Waals surface area contributed by atoms with E-state index in [2.05, 4.69) is 36.1 Å². The number of nitrogens with one attached hydrogen (secondary N) is 1. The van der Waals surface area contributed by atoms with Crippen LogP contribution in [0.25, 0.3) is 0 Å². The fourth-order valence-electron chi connectivity index (χ4n) is 3.19. The lowest BCUT2D eigenvalue weighted by molar-refractivity contribution is 0.252. The average Bonchev–Trinajstić information content (AvgIpc) is 3.32. The van der Waals surface area contributed by atoms with Gasteiger partial charge in [-0.25, -0.2) is 9.97 Å². The second-order valence-corrected chi connectivity index (χ2v) is 6.55. The van der Waals surface area contributed by atoms with Crippen molar-refractivity contribution in [3.8, 4) is 0 Å². The van der Waals surface area contributed by atoms with E-state index in [9.17, 15) is 0 Å². The molecule has 2 heterocycles. The lowest BCUT2D eigenvalue weighted by Crippen LogP contribution is -2.42. The molecule has 0 radical (unpaired) electrons. The van der Waals surface area contributed by atoms with Crippen LogP contribution in [0.5, 0.6) is 0 Å². The zero-order valence-corrected chi connectivity index (χ0v) is 13.7. The van der Waals surface area contributed by atoms with Gasteiger partial charge in [0.15, 0.2) is 0 Å². The molecular formula is C16H27N5. The van der Waals surface area contributed by atoms with E-state index >= 15 is 0 Å². The van der Waals surface area contributed by atoms with E-state index in [4.69, 9.17) is 9.97 Å². The van der Waals surface area contributed by atoms with Crippen LogP contribution in [0, 0.1) is 6.92 Å². The number of hydrogen-bond acceptors (Lipinski definition) is 5. The van der Waals surface area contributed by atoms with Crippen LogP contribution in [0.15, 0.2) is 0 Å². The quantitative estimate of drug-likeness (QED) is 0.921. The van der Waals surface area contributed by atoms with E-state index in [-0.39, 0.29) is 0 Å². The van der Waals surface area contributed by atoms with Crippen molar-refractivity contribution >= 4 is 11.6 Å². The van der Waals surface area contributed by atoms with Gasteiger partial charge in [-0.2, -0.15) is 0 Å². The van der Waals surface area contributed by atoms with Crippen LogP contribution in [-0.4, -0.2) is 55.1 Å². The highest BCUT2D eigenvalue weighted by atomic mass is 15.2. The van der Waals surface area contributed by atoms with Crippen molar-refractivity contribution in [2.75, 3.05) is 44.4 Å². The summed E-state index contributed by atoms with van der Waals surface area (Å²) in [5.74, 6) is 3.72. The van der Waals surface area contributed by atoms with Gasteiger partial charge in [0, 0.05) is 31.6 Å². The SMILES string of the molecule is CNc1nc(C2CC2)nc(N(C)C2CCN(C)CC2)c1C. The molecule has 5 nitrogen and oxygen atoms in total. The van der Waals surface area contributed by atoms with Crippen LogP contribution in [0.1, 0.15) is 43.0 Å². The van der Waals surface area contributed by atoms with Gasteiger partial charge in [0.05, 0.1) is 0 Å². The molecule has 1 aromatic rings. The monoisotopic (exact) mass is 289 g/mol. The molecule has 1 saturated carbocycles. The Hall–Kier alpha value is -1.36. The van der Waals surface area contributed by atoms with Gasteiger partial charge in [0.1, 0.15) is 17.5 Å². The van der Waals surface area contributed by atoms with Crippen molar-refractivity contribution < 1.29 is 0 Å². The van der Waals surface area contributed by atoms with Crippen LogP contribution < -0.4 is 10.2 Å². The van der Waals surface area contributed by atoms with Crippen molar-refractivity contribution in [1.29, 1.82) is 0 Å². The number of nitrogens with zero attached hydrogens (tertiary/aromatic N) is 4. The van der Waals surface area contributed by atoms with Gasteiger partial charge in [-0.3, -0.25) is 0 Å². The summed E-state index contributed by atoms with van der Waals surface area (Å²) in [5, 5.41) is 3.24. The van der Waals surface area contributed by atoms with E-state index in [1.165, 1.54) is 44.3 Å². The summed E-state index contributed by atoms with van der Waals surface area (Å²) in [4.78, 5) is 14.4.